The number of alkyl halides is 2. The first-order valence-electron chi connectivity index (χ1n) is 4.53. The molecule has 0 rings (SSSR count). The third kappa shape index (κ3) is 11.5. The molecule has 68 valence electrons. The van der Waals surface area contributed by atoms with Crippen LogP contribution in [0.3, 0.4) is 0 Å². The van der Waals surface area contributed by atoms with Gasteiger partial charge in [-0.3, -0.25) is 0 Å². The Balaban J connectivity index is 2.69. The topological polar surface area (TPSA) is 0 Å². The van der Waals surface area contributed by atoms with Crippen molar-refractivity contribution in [2.75, 3.05) is 8.86 Å². The first-order valence-corrected chi connectivity index (χ1v) is 7.59. The van der Waals surface area contributed by atoms with E-state index < -0.39 is 0 Å². The SMILES string of the molecule is ICCCCCCCCCI. The molecule has 0 nitrogen and oxygen atoms in total. The minimum absolute atomic E-state index is 1.34. The summed E-state index contributed by atoms with van der Waals surface area (Å²) in [7, 11) is 0. The predicted octanol–water partition coefficient (Wildman–Crippen LogP) is 4.59. The van der Waals surface area contributed by atoms with E-state index in [0.29, 0.717) is 0 Å². The molecule has 0 saturated carbocycles. The Bertz CT molecular complexity index is 56.6. The molecule has 0 heterocycles. The van der Waals surface area contributed by atoms with Gasteiger partial charge in [0.25, 0.3) is 0 Å². The van der Waals surface area contributed by atoms with Crippen molar-refractivity contribution in [2.45, 2.75) is 44.9 Å². The van der Waals surface area contributed by atoms with Gasteiger partial charge in [-0.1, -0.05) is 77.3 Å². The van der Waals surface area contributed by atoms with Crippen molar-refractivity contribution >= 4 is 45.2 Å². The molecule has 0 spiro atoms. The van der Waals surface area contributed by atoms with Crippen molar-refractivity contribution in [2.24, 2.45) is 0 Å². The molecule has 0 fully saturated rings. The molecule has 0 aromatic carbocycles. The quantitative estimate of drug-likeness (QED) is 0.329. The van der Waals surface area contributed by atoms with Crippen LogP contribution in [0.25, 0.3) is 0 Å². The van der Waals surface area contributed by atoms with E-state index in [1.165, 1.54) is 53.8 Å². The summed E-state index contributed by atoms with van der Waals surface area (Å²) in [5.41, 5.74) is 0. The maximum Gasteiger partial charge on any atom is -0.000473 e. The van der Waals surface area contributed by atoms with Gasteiger partial charge < -0.3 is 0 Å². The number of hydrogen-bond acceptors (Lipinski definition) is 0. The molecule has 0 unspecified atom stereocenters. The standard InChI is InChI=1S/C9H18I2/c10-8-6-4-2-1-3-5-7-9-11/h1-9H2. The van der Waals surface area contributed by atoms with Crippen LogP contribution in [0.4, 0.5) is 0 Å². The Morgan fingerprint density at radius 2 is 0.727 bits per heavy atom. The molecule has 0 amide bonds. The van der Waals surface area contributed by atoms with E-state index in [-0.39, 0.29) is 0 Å². The van der Waals surface area contributed by atoms with E-state index in [1.807, 2.05) is 0 Å². The molecule has 0 saturated heterocycles. The fourth-order valence-corrected chi connectivity index (χ4v) is 2.15. The van der Waals surface area contributed by atoms with Gasteiger partial charge in [-0.25, -0.2) is 0 Å². The average molecular weight is 380 g/mol. The molecule has 0 radical (unpaired) electrons. The first kappa shape index (κ1) is 12.5. The summed E-state index contributed by atoms with van der Waals surface area (Å²) in [6.45, 7) is 0. The van der Waals surface area contributed by atoms with Crippen LogP contribution in [0.1, 0.15) is 44.9 Å². The van der Waals surface area contributed by atoms with E-state index in [4.69, 9.17) is 0 Å². The summed E-state index contributed by atoms with van der Waals surface area (Å²) in [5, 5.41) is 0. The molecular formula is C9H18I2. The zero-order valence-corrected chi connectivity index (χ0v) is 11.4. The summed E-state index contributed by atoms with van der Waals surface area (Å²) in [5.74, 6) is 0. The number of halogens is 2. The van der Waals surface area contributed by atoms with E-state index >= 15 is 0 Å². The van der Waals surface area contributed by atoms with Crippen LogP contribution in [0.2, 0.25) is 0 Å². The minimum Gasteiger partial charge on any atom is -0.0864 e. The Kier molecular flexibility index (Phi) is 13.0. The minimum atomic E-state index is 1.34. The maximum atomic E-state index is 2.46. The van der Waals surface area contributed by atoms with Crippen molar-refractivity contribution in [3.05, 3.63) is 0 Å². The second-order valence-electron chi connectivity index (χ2n) is 2.85. The highest BCUT2D eigenvalue weighted by Crippen LogP contribution is 2.08. The van der Waals surface area contributed by atoms with Crippen molar-refractivity contribution < 1.29 is 0 Å². The molecule has 0 atom stereocenters. The van der Waals surface area contributed by atoms with Crippen molar-refractivity contribution in [1.29, 1.82) is 0 Å². The van der Waals surface area contributed by atoms with Gasteiger partial charge in [0, 0.05) is 0 Å². The van der Waals surface area contributed by atoms with Gasteiger partial charge in [-0.2, -0.15) is 0 Å². The molecule has 2 heteroatoms. The highest BCUT2D eigenvalue weighted by Gasteiger charge is 1.89. The van der Waals surface area contributed by atoms with Crippen LogP contribution >= 0.6 is 45.2 Å². The second-order valence-corrected chi connectivity index (χ2v) is 5.01. The lowest BCUT2D eigenvalue weighted by Gasteiger charge is -1.98. The second kappa shape index (κ2) is 11.5. The third-order valence-corrected chi connectivity index (χ3v) is 3.29. The number of unbranched alkanes of at least 4 members (excludes halogenated alkanes) is 6. The average Bonchev–Trinajstić information content (AvgIpc) is 2.03. The van der Waals surface area contributed by atoms with Crippen LogP contribution in [-0.2, 0) is 0 Å². The summed E-state index contributed by atoms with van der Waals surface area (Å²) >= 11 is 4.92. The lowest BCUT2D eigenvalue weighted by atomic mass is 10.1. The summed E-state index contributed by atoms with van der Waals surface area (Å²) in [6.07, 6.45) is 10.1. The van der Waals surface area contributed by atoms with Gasteiger partial charge in [0.2, 0.25) is 0 Å². The predicted molar refractivity (Wildman–Crippen MR) is 70.1 cm³/mol. The van der Waals surface area contributed by atoms with Gasteiger partial charge in [0.05, 0.1) is 0 Å². The van der Waals surface area contributed by atoms with Crippen molar-refractivity contribution in [1.82, 2.24) is 0 Å². The van der Waals surface area contributed by atoms with Crippen LogP contribution in [0.15, 0.2) is 0 Å². The smallest absolute Gasteiger partial charge is 0.000473 e. The lowest BCUT2D eigenvalue weighted by Crippen LogP contribution is -1.81. The van der Waals surface area contributed by atoms with E-state index in [1.54, 1.807) is 0 Å². The molecule has 0 bridgehead atoms. The molecule has 0 aliphatic heterocycles. The molecule has 0 aromatic heterocycles. The number of hydrogen-bond donors (Lipinski definition) is 0. The van der Waals surface area contributed by atoms with Crippen LogP contribution in [0.5, 0.6) is 0 Å². The van der Waals surface area contributed by atoms with Gasteiger partial charge in [0.15, 0.2) is 0 Å². The summed E-state index contributed by atoms with van der Waals surface area (Å²) in [4.78, 5) is 0. The highest BCUT2D eigenvalue weighted by molar-refractivity contribution is 14.1. The summed E-state index contributed by atoms with van der Waals surface area (Å²) < 4.78 is 2.68. The molecule has 0 aliphatic carbocycles. The fourth-order valence-electron chi connectivity index (χ4n) is 1.07. The first-order chi connectivity index (χ1) is 5.41. The van der Waals surface area contributed by atoms with E-state index in [9.17, 15) is 0 Å². The van der Waals surface area contributed by atoms with E-state index in [0.717, 1.165) is 0 Å². The van der Waals surface area contributed by atoms with Gasteiger partial charge in [-0.05, 0) is 21.7 Å². The van der Waals surface area contributed by atoms with Gasteiger partial charge in [0.1, 0.15) is 0 Å². The monoisotopic (exact) mass is 380 g/mol. The van der Waals surface area contributed by atoms with Crippen LogP contribution in [-0.4, -0.2) is 8.86 Å². The zero-order chi connectivity index (χ0) is 8.36. The molecule has 11 heavy (non-hydrogen) atoms. The number of rotatable bonds is 8. The van der Waals surface area contributed by atoms with Crippen LogP contribution < -0.4 is 0 Å². The Labute approximate surface area is 98.2 Å². The maximum absolute atomic E-state index is 2.46. The van der Waals surface area contributed by atoms with Gasteiger partial charge in [-0.15, -0.1) is 0 Å². The van der Waals surface area contributed by atoms with Crippen LogP contribution in [0, 0.1) is 0 Å². The van der Waals surface area contributed by atoms with Crippen molar-refractivity contribution in [3.8, 4) is 0 Å². The lowest BCUT2D eigenvalue weighted by molar-refractivity contribution is 0.608. The molecule has 0 aliphatic rings. The normalized spacial score (nSPS) is 10.4. The molecule has 0 N–H and O–H groups in total. The molecular weight excluding hydrogens is 362 g/mol. The Morgan fingerprint density at radius 3 is 1.00 bits per heavy atom. The summed E-state index contributed by atoms with van der Waals surface area (Å²) in [6, 6.07) is 0. The van der Waals surface area contributed by atoms with Crippen molar-refractivity contribution in [3.63, 3.8) is 0 Å². The largest absolute Gasteiger partial charge is 0.0864 e. The Morgan fingerprint density at radius 1 is 0.455 bits per heavy atom. The van der Waals surface area contributed by atoms with Gasteiger partial charge >= 0.3 is 0 Å². The highest BCUT2D eigenvalue weighted by atomic mass is 127. The zero-order valence-electron chi connectivity index (χ0n) is 7.12. The fraction of sp³-hybridized carbons (Fsp3) is 1.00. The Hall–Kier alpha value is 1.46. The third-order valence-electron chi connectivity index (χ3n) is 1.77. The molecule has 0 aromatic rings. The van der Waals surface area contributed by atoms with E-state index in [2.05, 4.69) is 45.2 Å².